The van der Waals surface area contributed by atoms with Crippen molar-refractivity contribution in [1.29, 1.82) is 0 Å². The molecule has 5 nitrogen and oxygen atoms in total. The first kappa shape index (κ1) is 13.8. The number of benzene rings is 1. The monoisotopic (exact) mass is 303 g/mol. The number of aromatic nitrogens is 1. The SMILES string of the molecule is O=[N+]([O-])c1ccccc1CN(c1ccnc(Cl)c1)C1CC1. The van der Waals surface area contributed by atoms with E-state index in [1.165, 1.54) is 0 Å². The summed E-state index contributed by atoms with van der Waals surface area (Å²) in [5.41, 5.74) is 1.82. The van der Waals surface area contributed by atoms with Crippen LogP contribution in [0.15, 0.2) is 42.6 Å². The van der Waals surface area contributed by atoms with Crippen molar-refractivity contribution in [2.24, 2.45) is 0 Å². The van der Waals surface area contributed by atoms with Crippen LogP contribution >= 0.6 is 11.6 Å². The molecule has 1 aliphatic carbocycles. The van der Waals surface area contributed by atoms with Crippen molar-refractivity contribution in [2.75, 3.05) is 4.90 Å². The van der Waals surface area contributed by atoms with Crippen LogP contribution in [0, 0.1) is 10.1 Å². The molecule has 0 spiro atoms. The second-order valence-corrected chi connectivity index (χ2v) is 5.47. The average Bonchev–Trinajstić information content (AvgIpc) is 3.29. The highest BCUT2D eigenvalue weighted by atomic mass is 35.5. The van der Waals surface area contributed by atoms with E-state index in [2.05, 4.69) is 9.88 Å². The predicted molar refractivity (Wildman–Crippen MR) is 81.5 cm³/mol. The topological polar surface area (TPSA) is 59.3 Å². The lowest BCUT2D eigenvalue weighted by molar-refractivity contribution is -0.385. The minimum absolute atomic E-state index is 0.156. The van der Waals surface area contributed by atoms with Crippen molar-refractivity contribution >= 4 is 23.0 Å². The van der Waals surface area contributed by atoms with Crippen LogP contribution in [0.1, 0.15) is 18.4 Å². The first-order chi connectivity index (χ1) is 10.1. The van der Waals surface area contributed by atoms with Gasteiger partial charge in [-0.15, -0.1) is 0 Å². The summed E-state index contributed by atoms with van der Waals surface area (Å²) in [5.74, 6) is 0. The zero-order valence-electron chi connectivity index (χ0n) is 11.3. The zero-order chi connectivity index (χ0) is 14.8. The van der Waals surface area contributed by atoms with Gasteiger partial charge in [-0.2, -0.15) is 0 Å². The zero-order valence-corrected chi connectivity index (χ0v) is 12.0. The highest BCUT2D eigenvalue weighted by molar-refractivity contribution is 6.29. The largest absolute Gasteiger partial charge is 0.364 e. The molecule has 0 radical (unpaired) electrons. The molecule has 108 valence electrons. The number of nitro groups is 1. The quantitative estimate of drug-likeness (QED) is 0.479. The second kappa shape index (κ2) is 5.69. The van der Waals surface area contributed by atoms with Crippen LogP contribution in [0.25, 0.3) is 0 Å². The lowest BCUT2D eigenvalue weighted by atomic mass is 10.1. The summed E-state index contributed by atoms with van der Waals surface area (Å²) in [5, 5.41) is 11.6. The van der Waals surface area contributed by atoms with Crippen LogP contribution in [0.4, 0.5) is 11.4 Å². The van der Waals surface area contributed by atoms with Gasteiger partial charge in [-0.25, -0.2) is 4.98 Å². The van der Waals surface area contributed by atoms with Gasteiger partial charge in [0.1, 0.15) is 5.15 Å². The molecule has 0 N–H and O–H groups in total. The fraction of sp³-hybridized carbons (Fsp3) is 0.267. The Kier molecular flexibility index (Phi) is 3.75. The molecule has 3 rings (SSSR count). The summed E-state index contributed by atoms with van der Waals surface area (Å²) in [6, 6.07) is 11.0. The van der Waals surface area contributed by atoms with Crippen LogP contribution in [0.3, 0.4) is 0 Å². The number of para-hydroxylation sites is 1. The molecule has 1 aliphatic rings. The summed E-state index contributed by atoms with van der Waals surface area (Å²) >= 11 is 5.95. The number of hydrogen-bond donors (Lipinski definition) is 0. The third kappa shape index (κ3) is 3.13. The molecule has 1 heterocycles. The summed E-state index contributed by atoms with van der Waals surface area (Å²) in [4.78, 5) is 16.9. The Morgan fingerprint density at radius 3 is 2.76 bits per heavy atom. The fourth-order valence-electron chi connectivity index (χ4n) is 2.39. The molecule has 21 heavy (non-hydrogen) atoms. The van der Waals surface area contributed by atoms with E-state index in [1.54, 1.807) is 30.5 Å². The molecule has 0 aliphatic heterocycles. The number of nitrogens with zero attached hydrogens (tertiary/aromatic N) is 3. The standard InChI is InChI=1S/C15H14ClN3O2/c16-15-9-13(7-8-17-15)18(12-5-6-12)10-11-3-1-2-4-14(11)19(20)21/h1-4,7-9,12H,5-6,10H2. The maximum atomic E-state index is 11.1. The van der Waals surface area contributed by atoms with E-state index in [0.717, 1.165) is 18.5 Å². The lowest BCUT2D eigenvalue weighted by Crippen LogP contribution is -2.25. The number of hydrogen-bond acceptors (Lipinski definition) is 4. The Balaban J connectivity index is 1.92. The molecular weight excluding hydrogens is 290 g/mol. The molecule has 0 atom stereocenters. The van der Waals surface area contributed by atoms with Crippen molar-refractivity contribution in [1.82, 2.24) is 4.98 Å². The van der Waals surface area contributed by atoms with Gasteiger partial charge >= 0.3 is 0 Å². The first-order valence-electron chi connectivity index (χ1n) is 6.75. The molecule has 0 bridgehead atoms. The van der Waals surface area contributed by atoms with Crippen molar-refractivity contribution in [2.45, 2.75) is 25.4 Å². The van der Waals surface area contributed by atoms with Gasteiger partial charge in [-0.05, 0) is 25.0 Å². The Morgan fingerprint density at radius 1 is 1.33 bits per heavy atom. The number of halogens is 1. The maximum absolute atomic E-state index is 11.1. The summed E-state index contributed by atoms with van der Waals surface area (Å²) in [6.45, 7) is 0.502. The van der Waals surface area contributed by atoms with Crippen molar-refractivity contribution < 1.29 is 4.92 Å². The molecular formula is C15H14ClN3O2. The number of rotatable bonds is 5. The van der Waals surface area contributed by atoms with Gasteiger partial charge in [0.15, 0.2) is 0 Å². The van der Waals surface area contributed by atoms with Gasteiger partial charge in [0.2, 0.25) is 0 Å². The van der Waals surface area contributed by atoms with E-state index in [0.29, 0.717) is 23.3 Å². The third-order valence-electron chi connectivity index (χ3n) is 3.56. The second-order valence-electron chi connectivity index (χ2n) is 5.08. The van der Waals surface area contributed by atoms with Crippen molar-refractivity contribution in [3.63, 3.8) is 0 Å². The molecule has 1 aromatic carbocycles. The van der Waals surface area contributed by atoms with Gasteiger partial charge in [-0.3, -0.25) is 10.1 Å². The van der Waals surface area contributed by atoms with Crippen molar-refractivity contribution in [3.8, 4) is 0 Å². The van der Waals surface area contributed by atoms with E-state index >= 15 is 0 Å². The van der Waals surface area contributed by atoms with Gasteiger partial charge < -0.3 is 4.90 Å². The Morgan fingerprint density at radius 2 is 2.10 bits per heavy atom. The Bertz CT molecular complexity index is 673. The molecule has 0 unspecified atom stereocenters. The van der Waals surface area contributed by atoms with Gasteiger partial charge in [0.25, 0.3) is 5.69 Å². The summed E-state index contributed by atoms with van der Waals surface area (Å²) in [6.07, 6.45) is 3.85. The normalized spacial score (nSPS) is 14.0. The average molecular weight is 304 g/mol. The lowest BCUT2D eigenvalue weighted by Gasteiger charge is -2.24. The number of nitro benzene ring substituents is 1. The van der Waals surface area contributed by atoms with Crippen LogP contribution in [-0.4, -0.2) is 15.9 Å². The summed E-state index contributed by atoms with van der Waals surface area (Å²) in [7, 11) is 0. The van der Waals surface area contributed by atoms with Crippen LogP contribution in [-0.2, 0) is 6.54 Å². The molecule has 0 saturated heterocycles. The fourth-order valence-corrected chi connectivity index (χ4v) is 2.56. The van der Waals surface area contributed by atoms with E-state index in [9.17, 15) is 10.1 Å². The van der Waals surface area contributed by atoms with Crippen LogP contribution < -0.4 is 4.90 Å². The minimum atomic E-state index is -0.333. The molecule has 1 fully saturated rings. The third-order valence-corrected chi connectivity index (χ3v) is 3.77. The summed E-state index contributed by atoms with van der Waals surface area (Å²) < 4.78 is 0. The molecule has 1 saturated carbocycles. The predicted octanol–water partition coefficient (Wildman–Crippen LogP) is 3.81. The van der Waals surface area contributed by atoms with E-state index in [1.807, 2.05) is 12.1 Å². The first-order valence-corrected chi connectivity index (χ1v) is 7.13. The molecule has 6 heteroatoms. The van der Waals surface area contributed by atoms with E-state index < -0.39 is 0 Å². The number of pyridine rings is 1. The van der Waals surface area contributed by atoms with Crippen molar-refractivity contribution in [3.05, 3.63) is 63.4 Å². The smallest absolute Gasteiger partial charge is 0.274 e. The van der Waals surface area contributed by atoms with Gasteiger partial charge in [-0.1, -0.05) is 29.8 Å². The molecule has 1 aromatic heterocycles. The number of anilines is 1. The Hall–Kier alpha value is -2.14. The van der Waals surface area contributed by atoms with E-state index in [4.69, 9.17) is 11.6 Å². The van der Waals surface area contributed by atoms with Gasteiger partial charge in [0, 0.05) is 29.6 Å². The van der Waals surface area contributed by atoms with Crippen LogP contribution in [0.5, 0.6) is 0 Å². The van der Waals surface area contributed by atoms with Crippen LogP contribution in [0.2, 0.25) is 5.15 Å². The Labute approximate surface area is 127 Å². The van der Waals surface area contributed by atoms with E-state index in [-0.39, 0.29) is 10.6 Å². The maximum Gasteiger partial charge on any atom is 0.274 e. The highest BCUT2D eigenvalue weighted by Crippen LogP contribution is 2.34. The molecule has 0 amide bonds. The van der Waals surface area contributed by atoms with Gasteiger partial charge in [0.05, 0.1) is 11.5 Å². The minimum Gasteiger partial charge on any atom is -0.364 e. The molecule has 2 aromatic rings. The highest BCUT2D eigenvalue weighted by Gasteiger charge is 2.30.